The number of aliphatic hydroxyl groups is 1. The van der Waals surface area contributed by atoms with Crippen molar-refractivity contribution in [1.29, 1.82) is 0 Å². The minimum absolute atomic E-state index is 0.0243. The Balaban J connectivity index is 1.89. The van der Waals surface area contributed by atoms with E-state index < -0.39 is 29.2 Å². The van der Waals surface area contributed by atoms with Crippen molar-refractivity contribution in [1.82, 2.24) is 19.7 Å². The number of piperidine rings is 1. The molecule has 0 saturated carbocycles. The first-order valence-electron chi connectivity index (χ1n) is 8.96. The maximum atomic E-state index is 14.6. The summed E-state index contributed by atoms with van der Waals surface area (Å²) in [6.45, 7) is 2.74. The number of hydrogen-bond donors (Lipinski definition) is 2. The van der Waals surface area contributed by atoms with Gasteiger partial charge < -0.3 is 10.2 Å². The molecule has 3 rings (SSSR count). The number of benzene rings is 1. The van der Waals surface area contributed by atoms with Crippen LogP contribution in [0.3, 0.4) is 0 Å². The molecule has 28 heavy (non-hydrogen) atoms. The largest absolute Gasteiger partial charge is 0.478 e. The molecule has 1 aromatic carbocycles. The summed E-state index contributed by atoms with van der Waals surface area (Å²) in [5.74, 6) is -2.54. The van der Waals surface area contributed by atoms with Gasteiger partial charge in [-0.1, -0.05) is 11.6 Å². The first kappa shape index (κ1) is 20.1. The summed E-state index contributed by atoms with van der Waals surface area (Å²) in [4.78, 5) is 16.7. The molecule has 0 amide bonds. The van der Waals surface area contributed by atoms with Crippen molar-refractivity contribution < 1.29 is 23.8 Å². The zero-order valence-electron chi connectivity index (χ0n) is 15.4. The fraction of sp³-hybridized carbons (Fsp3) is 0.421. The number of aromatic nitrogens is 3. The highest BCUT2D eigenvalue weighted by molar-refractivity contribution is 5.80. The molecular formula is C19H22F2N4O3. The van der Waals surface area contributed by atoms with Crippen molar-refractivity contribution >= 4 is 5.97 Å². The van der Waals surface area contributed by atoms with E-state index >= 15 is 0 Å². The Labute approximate surface area is 160 Å². The van der Waals surface area contributed by atoms with Crippen molar-refractivity contribution in [3.8, 4) is 0 Å². The topological polar surface area (TPSA) is 91.5 Å². The minimum Gasteiger partial charge on any atom is -0.478 e. The molecule has 2 aromatic rings. The van der Waals surface area contributed by atoms with Gasteiger partial charge in [-0.2, -0.15) is 5.10 Å². The van der Waals surface area contributed by atoms with Crippen LogP contribution in [0.25, 0.3) is 0 Å². The molecule has 1 saturated heterocycles. The Morgan fingerprint density at radius 2 is 2.07 bits per heavy atom. The van der Waals surface area contributed by atoms with Gasteiger partial charge in [0.1, 0.15) is 29.9 Å². The van der Waals surface area contributed by atoms with Crippen molar-refractivity contribution in [3.63, 3.8) is 0 Å². The predicted molar refractivity (Wildman–Crippen MR) is 96.3 cm³/mol. The summed E-state index contributed by atoms with van der Waals surface area (Å²) in [5.41, 5.74) is -0.896. The van der Waals surface area contributed by atoms with Crippen LogP contribution in [-0.2, 0) is 16.9 Å². The van der Waals surface area contributed by atoms with E-state index in [1.54, 1.807) is 6.92 Å². The number of carboxylic acids is 1. The van der Waals surface area contributed by atoms with Gasteiger partial charge in [-0.05, 0) is 25.8 Å². The first-order chi connectivity index (χ1) is 13.3. The van der Waals surface area contributed by atoms with Gasteiger partial charge in [-0.3, -0.25) is 4.90 Å². The maximum Gasteiger partial charge on any atom is 0.328 e. The number of carboxylic acid groups (broad SMARTS) is 1. The molecule has 7 nitrogen and oxygen atoms in total. The van der Waals surface area contributed by atoms with E-state index in [1.165, 1.54) is 29.5 Å². The lowest BCUT2D eigenvalue weighted by Gasteiger charge is -2.43. The average Bonchev–Trinajstić information content (AvgIpc) is 3.14. The molecule has 2 atom stereocenters. The smallest absolute Gasteiger partial charge is 0.328 e. The molecular weight excluding hydrogens is 370 g/mol. The van der Waals surface area contributed by atoms with Crippen molar-refractivity contribution in [3.05, 3.63) is 59.7 Å². The lowest BCUT2D eigenvalue weighted by atomic mass is 9.84. The van der Waals surface area contributed by atoms with Gasteiger partial charge in [0.15, 0.2) is 0 Å². The second-order valence-corrected chi connectivity index (χ2v) is 6.99. The molecule has 9 heteroatoms. The molecule has 0 bridgehead atoms. The highest BCUT2D eigenvalue weighted by atomic mass is 19.1. The molecule has 0 unspecified atom stereocenters. The quantitative estimate of drug-likeness (QED) is 0.730. The van der Waals surface area contributed by atoms with Gasteiger partial charge in [0.25, 0.3) is 0 Å². The summed E-state index contributed by atoms with van der Waals surface area (Å²) in [6, 6.07) is 2.57. The highest BCUT2D eigenvalue weighted by Crippen LogP contribution is 2.34. The fourth-order valence-electron chi connectivity index (χ4n) is 3.66. The van der Waals surface area contributed by atoms with Crippen LogP contribution in [0.5, 0.6) is 0 Å². The van der Waals surface area contributed by atoms with Gasteiger partial charge in [0.2, 0.25) is 0 Å². The van der Waals surface area contributed by atoms with E-state index in [2.05, 4.69) is 10.1 Å². The third kappa shape index (κ3) is 4.26. The molecule has 1 aromatic heterocycles. The molecule has 0 spiro atoms. The van der Waals surface area contributed by atoms with E-state index in [9.17, 15) is 18.7 Å². The number of rotatable bonds is 6. The summed E-state index contributed by atoms with van der Waals surface area (Å²) >= 11 is 0. The van der Waals surface area contributed by atoms with E-state index in [-0.39, 0.29) is 12.1 Å². The monoisotopic (exact) mass is 392 g/mol. The number of likely N-dealkylation sites (tertiary alicyclic amines) is 1. The van der Waals surface area contributed by atoms with E-state index in [4.69, 9.17) is 5.11 Å². The van der Waals surface area contributed by atoms with Crippen LogP contribution in [0, 0.1) is 11.6 Å². The molecule has 1 aliphatic heterocycles. The highest BCUT2D eigenvalue weighted by Gasteiger charge is 2.42. The second-order valence-electron chi connectivity index (χ2n) is 6.99. The van der Waals surface area contributed by atoms with Crippen LogP contribution < -0.4 is 0 Å². The van der Waals surface area contributed by atoms with Gasteiger partial charge in [-0.15, -0.1) is 0 Å². The number of aliphatic carboxylic acids is 1. The minimum atomic E-state index is -1.69. The van der Waals surface area contributed by atoms with E-state index in [1.807, 2.05) is 4.90 Å². The molecule has 1 aliphatic rings. The fourth-order valence-corrected chi connectivity index (χ4v) is 3.66. The van der Waals surface area contributed by atoms with E-state index in [0.717, 1.165) is 17.7 Å². The molecule has 0 radical (unpaired) electrons. The predicted octanol–water partition coefficient (Wildman–Crippen LogP) is 1.94. The van der Waals surface area contributed by atoms with Crippen molar-refractivity contribution in [2.24, 2.45) is 0 Å². The number of carbonyl (C=O) groups is 1. The first-order valence-corrected chi connectivity index (χ1v) is 8.96. The number of hydrogen-bond acceptors (Lipinski definition) is 5. The maximum absolute atomic E-state index is 14.6. The van der Waals surface area contributed by atoms with Crippen LogP contribution >= 0.6 is 0 Å². The standard InChI is InChI=1S/C19H22F2N4O3/c1-13(24-6-4-14(5-7-24)8-18(26)27)19(28,10-25-12-22-11-23-25)16-3-2-15(20)9-17(16)21/h2-3,8-9,11-13,28H,4-7,10H2,1H3,(H,26,27)/t13-,19-/m1/s1. The normalized spacial score (nSPS) is 18.5. The third-order valence-corrected chi connectivity index (χ3v) is 5.27. The number of nitrogens with zero attached hydrogens (tertiary/aromatic N) is 4. The Bertz CT molecular complexity index is 862. The lowest BCUT2D eigenvalue weighted by Crippen LogP contribution is -2.53. The van der Waals surface area contributed by atoms with Crippen LogP contribution in [0.4, 0.5) is 8.78 Å². The van der Waals surface area contributed by atoms with Crippen molar-refractivity contribution in [2.75, 3.05) is 13.1 Å². The van der Waals surface area contributed by atoms with Crippen LogP contribution in [-0.4, -0.2) is 55.0 Å². The van der Waals surface area contributed by atoms with Gasteiger partial charge in [0, 0.05) is 36.8 Å². The van der Waals surface area contributed by atoms with Gasteiger partial charge in [0.05, 0.1) is 6.54 Å². The zero-order valence-corrected chi connectivity index (χ0v) is 15.4. The second kappa shape index (κ2) is 8.15. The van der Waals surface area contributed by atoms with Crippen LogP contribution in [0.1, 0.15) is 25.3 Å². The summed E-state index contributed by atoms with van der Waals surface area (Å²) < 4.78 is 29.4. The molecule has 1 fully saturated rings. The molecule has 150 valence electrons. The lowest BCUT2D eigenvalue weighted by molar-refractivity contribution is -0.131. The Kier molecular flexibility index (Phi) is 5.85. The van der Waals surface area contributed by atoms with Crippen LogP contribution in [0.2, 0.25) is 0 Å². The van der Waals surface area contributed by atoms with E-state index in [0.29, 0.717) is 25.9 Å². The molecule has 0 aliphatic carbocycles. The Morgan fingerprint density at radius 1 is 1.36 bits per heavy atom. The Hall–Kier alpha value is -2.65. The van der Waals surface area contributed by atoms with Gasteiger partial charge in [-0.25, -0.2) is 23.2 Å². The Morgan fingerprint density at radius 3 is 2.64 bits per heavy atom. The van der Waals surface area contributed by atoms with Crippen molar-refractivity contribution in [2.45, 2.75) is 38.0 Å². The summed E-state index contributed by atoms with van der Waals surface area (Å²) in [7, 11) is 0. The van der Waals surface area contributed by atoms with Gasteiger partial charge >= 0.3 is 5.97 Å². The third-order valence-electron chi connectivity index (χ3n) is 5.27. The molecule has 2 heterocycles. The summed E-state index contributed by atoms with van der Waals surface area (Å²) in [5, 5.41) is 24.5. The van der Waals surface area contributed by atoms with Crippen LogP contribution in [0.15, 0.2) is 42.5 Å². The SMILES string of the molecule is C[C@@H](N1CCC(=CC(=O)O)CC1)[C@](O)(Cn1cncn1)c1ccc(F)cc1F. The average molecular weight is 392 g/mol. The summed E-state index contributed by atoms with van der Waals surface area (Å²) in [6.07, 6.45) is 5.03. The number of halogens is 2. The zero-order chi connectivity index (χ0) is 20.3. The molecule has 2 N–H and O–H groups in total.